The lowest BCUT2D eigenvalue weighted by Crippen LogP contribution is -2.20. The largest absolute Gasteiger partial charge is 0.494 e. The number of ether oxygens (including phenoxy) is 2. The summed E-state index contributed by atoms with van der Waals surface area (Å²) in [5, 5.41) is 10.7. The van der Waals surface area contributed by atoms with Crippen molar-refractivity contribution in [2.45, 2.75) is 13.8 Å². The van der Waals surface area contributed by atoms with Gasteiger partial charge in [0.15, 0.2) is 12.3 Å². The van der Waals surface area contributed by atoms with Crippen LogP contribution >= 0.6 is 11.6 Å². The van der Waals surface area contributed by atoms with E-state index in [0.717, 1.165) is 16.9 Å². The maximum absolute atomic E-state index is 12.2. The zero-order valence-corrected chi connectivity index (χ0v) is 15.6. The molecule has 0 aliphatic heterocycles. The molecule has 1 amide bonds. The molecule has 0 aliphatic carbocycles. The van der Waals surface area contributed by atoms with Gasteiger partial charge in [-0.1, -0.05) is 23.7 Å². The van der Waals surface area contributed by atoms with Crippen LogP contribution in [0.5, 0.6) is 11.5 Å². The molecule has 3 rings (SSSR count). The Morgan fingerprint density at radius 1 is 1.15 bits per heavy atom. The molecule has 0 radical (unpaired) electrons. The molecule has 140 valence electrons. The third-order valence-corrected chi connectivity index (χ3v) is 4.00. The molecular weight excluding hydrogens is 370 g/mol. The summed E-state index contributed by atoms with van der Waals surface area (Å²) in [5.74, 6) is 1.02. The van der Waals surface area contributed by atoms with Gasteiger partial charge in [-0.15, -0.1) is 0 Å². The highest BCUT2D eigenvalue weighted by Gasteiger charge is 2.16. The topological polar surface area (TPSA) is 86.5 Å². The number of aryl methyl sites for hydroxylation is 1. The molecule has 8 heteroatoms. The lowest BCUT2D eigenvalue weighted by molar-refractivity contribution is -0.118. The zero-order chi connectivity index (χ0) is 19.2. The van der Waals surface area contributed by atoms with E-state index in [-0.39, 0.29) is 12.4 Å². The number of halogens is 1. The summed E-state index contributed by atoms with van der Waals surface area (Å²) in [5.41, 5.74) is 2.11. The second-order valence-corrected chi connectivity index (χ2v) is 6.05. The van der Waals surface area contributed by atoms with Crippen LogP contribution in [0.4, 0.5) is 5.82 Å². The van der Waals surface area contributed by atoms with Crippen LogP contribution in [0.15, 0.2) is 47.1 Å². The number of amides is 1. The number of nitrogens with zero attached hydrogens (tertiary/aromatic N) is 2. The van der Waals surface area contributed by atoms with Crippen LogP contribution in [0.3, 0.4) is 0 Å². The number of anilines is 1. The maximum Gasteiger partial charge on any atom is 0.263 e. The van der Waals surface area contributed by atoms with Crippen molar-refractivity contribution < 1.29 is 18.9 Å². The normalized spacial score (nSPS) is 10.5. The number of para-hydroxylation sites is 1. The summed E-state index contributed by atoms with van der Waals surface area (Å²) in [6, 6.07) is 12.5. The molecule has 2 aromatic carbocycles. The van der Waals surface area contributed by atoms with Crippen molar-refractivity contribution in [2.24, 2.45) is 0 Å². The first-order valence-corrected chi connectivity index (χ1v) is 8.70. The van der Waals surface area contributed by atoms with E-state index < -0.39 is 5.91 Å². The van der Waals surface area contributed by atoms with Crippen molar-refractivity contribution in [3.05, 3.63) is 53.1 Å². The van der Waals surface area contributed by atoms with E-state index in [1.807, 2.05) is 32.0 Å². The van der Waals surface area contributed by atoms with E-state index in [9.17, 15) is 4.79 Å². The number of benzene rings is 2. The van der Waals surface area contributed by atoms with E-state index in [0.29, 0.717) is 23.1 Å². The smallest absolute Gasteiger partial charge is 0.263 e. The average molecular weight is 388 g/mol. The summed E-state index contributed by atoms with van der Waals surface area (Å²) >= 11 is 6.00. The van der Waals surface area contributed by atoms with E-state index in [1.54, 1.807) is 24.3 Å². The number of hydrogen-bond acceptors (Lipinski definition) is 6. The highest BCUT2D eigenvalue weighted by Crippen LogP contribution is 2.29. The number of carbonyl (C=O) groups is 1. The Labute approximate surface area is 161 Å². The van der Waals surface area contributed by atoms with Crippen molar-refractivity contribution in [1.82, 2.24) is 10.3 Å². The van der Waals surface area contributed by atoms with E-state index in [2.05, 4.69) is 15.6 Å². The molecule has 1 heterocycles. The molecule has 0 aliphatic rings. The first kappa shape index (κ1) is 18.7. The molecular formula is C19H18ClN3O4. The monoisotopic (exact) mass is 387 g/mol. The van der Waals surface area contributed by atoms with Gasteiger partial charge >= 0.3 is 0 Å². The first-order chi connectivity index (χ1) is 13.1. The Balaban J connectivity index is 1.69. The first-order valence-electron chi connectivity index (χ1n) is 8.32. The van der Waals surface area contributed by atoms with Crippen LogP contribution in [0.25, 0.3) is 11.3 Å². The lowest BCUT2D eigenvalue weighted by atomic mass is 10.1. The summed E-state index contributed by atoms with van der Waals surface area (Å²) < 4.78 is 15.7. The van der Waals surface area contributed by atoms with Gasteiger partial charge in [0.1, 0.15) is 11.5 Å². The number of aromatic nitrogens is 2. The molecule has 0 saturated carbocycles. The summed E-state index contributed by atoms with van der Waals surface area (Å²) in [4.78, 5) is 12.2. The zero-order valence-electron chi connectivity index (χ0n) is 14.9. The Kier molecular flexibility index (Phi) is 5.93. The van der Waals surface area contributed by atoms with Crippen LogP contribution in [-0.2, 0) is 4.79 Å². The minimum absolute atomic E-state index is 0.214. The van der Waals surface area contributed by atoms with Crippen LogP contribution in [-0.4, -0.2) is 29.4 Å². The van der Waals surface area contributed by atoms with Crippen molar-refractivity contribution >= 4 is 23.3 Å². The standard InChI is InChI=1S/C19H18ClN3O4/c1-3-25-15-9-8-13(10-12(15)2)18-19(23-27-22-18)21-17(24)11-26-16-7-5-4-6-14(16)20/h4-10H,3,11H2,1-2H3,(H,21,23,24). The summed E-state index contributed by atoms with van der Waals surface area (Å²) in [6.45, 7) is 4.21. The van der Waals surface area contributed by atoms with Crippen LogP contribution in [0.2, 0.25) is 5.02 Å². The van der Waals surface area contributed by atoms with Crippen molar-refractivity contribution in [3.63, 3.8) is 0 Å². The molecule has 0 spiro atoms. The Morgan fingerprint density at radius 3 is 2.70 bits per heavy atom. The van der Waals surface area contributed by atoms with Crippen molar-refractivity contribution in [1.29, 1.82) is 0 Å². The molecule has 1 N–H and O–H groups in total. The molecule has 7 nitrogen and oxygen atoms in total. The van der Waals surface area contributed by atoms with Gasteiger partial charge in [0.2, 0.25) is 5.82 Å². The van der Waals surface area contributed by atoms with Crippen molar-refractivity contribution in [3.8, 4) is 22.8 Å². The fourth-order valence-electron chi connectivity index (χ4n) is 2.45. The van der Waals surface area contributed by atoms with Gasteiger partial charge in [0.25, 0.3) is 5.91 Å². The van der Waals surface area contributed by atoms with Crippen LogP contribution < -0.4 is 14.8 Å². The van der Waals surface area contributed by atoms with Crippen LogP contribution in [0.1, 0.15) is 12.5 Å². The predicted octanol–water partition coefficient (Wildman–Crippen LogP) is 4.11. The van der Waals surface area contributed by atoms with Gasteiger partial charge in [-0.05, 0) is 60.1 Å². The lowest BCUT2D eigenvalue weighted by Gasteiger charge is -2.09. The number of nitrogens with one attached hydrogen (secondary N) is 1. The Hall–Kier alpha value is -3.06. The molecule has 0 atom stereocenters. The number of hydrogen-bond donors (Lipinski definition) is 1. The Morgan fingerprint density at radius 2 is 1.96 bits per heavy atom. The fraction of sp³-hybridized carbons (Fsp3) is 0.211. The predicted molar refractivity (Wildman–Crippen MR) is 101 cm³/mol. The van der Waals surface area contributed by atoms with Crippen LogP contribution in [0, 0.1) is 6.92 Å². The Bertz CT molecular complexity index is 942. The minimum atomic E-state index is -0.408. The van der Waals surface area contributed by atoms with Gasteiger partial charge in [-0.2, -0.15) is 0 Å². The number of rotatable bonds is 7. The van der Waals surface area contributed by atoms with Gasteiger partial charge in [-0.3, -0.25) is 4.79 Å². The second-order valence-electron chi connectivity index (χ2n) is 5.64. The average Bonchev–Trinajstić information content (AvgIpc) is 3.11. The molecule has 0 fully saturated rings. The van der Waals surface area contributed by atoms with Gasteiger partial charge in [0, 0.05) is 5.56 Å². The SMILES string of the molecule is CCOc1ccc(-c2nonc2NC(=O)COc2ccccc2Cl)cc1C. The van der Waals surface area contributed by atoms with E-state index in [4.69, 9.17) is 25.7 Å². The van der Waals surface area contributed by atoms with E-state index >= 15 is 0 Å². The minimum Gasteiger partial charge on any atom is -0.494 e. The molecule has 0 unspecified atom stereocenters. The van der Waals surface area contributed by atoms with E-state index in [1.165, 1.54) is 0 Å². The van der Waals surface area contributed by atoms with Gasteiger partial charge < -0.3 is 14.8 Å². The second kappa shape index (κ2) is 8.55. The summed E-state index contributed by atoms with van der Waals surface area (Å²) in [6.07, 6.45) is 0. The number of carbonyl (C=O) groups excluding carboxylic acids is 1. The molecule has 0 bridgehead atoms. The highest BCUT2D eigenvalue weighted by atomic mass is 35.5. The van der Waals surface area contributed by atoms with Gasteiger partial charge in [0.05, 0.1) is 11.6 Å². The third kappa shape index (κ3) is 4.57. The molecule has 0 saturated heterocycles. The maximum atomic E-state index is 12.2. The molecule has 27 heavy (non-hydrogen) atoms. The third-order valence-electron chi connectivity index (χ3n) is 3.69. The molecule has 1 aromatic heterocycles. The van der Waals surface area contributed by atoms with Gasteiger partial charge in [-0.25, -0.2) is 4.63 Å². The van der Waals surface area contributed by atoms with Crippen molar-refractivity contribution in [2.75, 3.05) is 18.5 Å². The summed E-state index contributed by atoms with van der Waals surface area (Å²) in [7, 11) is 0. The molecule has 3 aromatic rings. The quantitative estimate of drug-likeness (QED) is 0.656. The fourth-order valence-corrected chi connectivity index (χ4v) is 2.64. The highest BCUT2D eigenvalue weighted by molar-refractivity contribution is 6.32.